The summed E-state index contributed by atoms with van der Waals surface area (Å²) in [7, 11) is 0. The van der Waals surface area contributed by atoms with Crippen molar-refractivity contribution in [2.45, 2.75) is 25.2 Å². The second-order valence-electron chi connectivity index (χ2n) is 7.68. The Hall–Kier alpha value is -3.28. The maximum atomic E-state index is 13.2. The quantitative estimate of drug-likeness (QED) is 0.819. The average molecular weight is 374 g/mol. The molecule has 1 heterocycles. The van der Waals surface area contributed by atoms with Crippen LogP contribution in [-0.4, -0.2) is 23.5 Å². The van der Waals surface area contributed by atoms with E-state index >= 15 is 0 Å². The van der Waals surface area contributed by atoms with Crippen LogP contribution in [-0.2, 0) is 19.2 Å². The number of hydrogen-bond donors (Lipinski definition) is 1. The highest BCUT2D eigenvalue weighted by molar-refractivity contribution is 6.24. The van der Waals surface area contributed by atoms with Crippen LogP contribution in [0.15, 0.2) is 48.5 Å². The SMILES string of the molecule is CC(=O)Nc1ccc(N2C(=O)[C@@H]3[C@H](C2=O)[C@@H]2CC(=O)[C@H]3c3ccccc32)cc1. The summed E-state index contributed by atoms with van der Waals surface area (Å²) < 4.78 is 0. The van der Waals surface area contributed by atoms with Crippen LogP contribution in [0.4, 0.5) is 11.4 Å². The van der Waals surface area contributed by atoms with Gasteiger partial charge >= 0.3 is 0 Å². The van der Waals surface area contributed by atoms with Crippen LogP contribution < -0.4 is 10.2 Å². The van der Waals surface area contributed by atoms with Gasteiger partial charge in [0.2, 0.25) is 17.7 Å². The lowest BCUT2D eigenvalue weighted by Crippen LogP contribution is -2.44. The van der Waals surface area contributed by atoms with E-state index in [9.17, 15) is 19.2 Å². The molecule has 1 saturated heterocycles. The molecule has 4 aliphatic rings. The van der Waals surface area contributed by atoms with Gasteiger partial charge in [-0.05, 0) is 35.4 Å². The lowest BCUT2D eigenvalue weighted by atomic mass is 9.56. The Kier molecular flexibility index (Phi) is 3.53. The molecule has 28 heavy (non-hydrogen) atoms. The van der Waals surface area contributed by atoms with Gasteiger partial charge in [-0.15, -0.1) is 0 Å². The van der Waals surface area contributed by atoms with Crippen molar-refractivity contribution >= 4 is 34.9 Å². The van der Waals surface area contributed by atoms with Gasteiger partial charge in [-0.25, -0.2) is 0 Å². The molecule has 2 aromatic rings. The zero-order chi connectivity index (χ0) is 19.6. The maximum absolute atomic E-state index is 13.2. The number of hydrogen-bond acceptors (Lipinski definition) is 4. The number of rotatable bonds is 2. The third-order valence-corrected chi connectivity index (χ3v) is 6.13. The molecular formula is C22H18N2O4. The first-order valence-corrected chi connectivity index (χ1v) is 9.34. The fraction of sp³-hybridized carbons (Fsp3) is 0.273. The van der Waals surface area contributed by atoms with Gasteiger partial charge in [0, 0.05) is 24.9 Å². The molecule has 1 aliphatic heterocycles. The number of nitrogens with zero attached hydrogens (tertiary/aromatic N) is 1. The number of ketones is 1. The summed E-state index contributed by atoms with van der Waals surface area (Å²) in [6.45, 7) is 1.41. The Labute approximate surface area is 161 Å². The van der Waals surface area contributed by atoms with Crippen LogP contribution in [0.3, 0.4) is 0 Å². The first-order chi connectivity index (χ1) is 13.5. The van der Waals surface area contributed by atoms with Gasteiger partial charge in [-0.2, -0.15) is 0 Å². The number of amides is 3. The molecule has 0 unspecified atom stereocenters. The van der Waals surface area contributed by atoms with Crippen molar-refractivity contribution in [1.82, 2.24) is 0 Å². The van der Waals surface area contributed by atoms with Crippen molar-refractivity contribution < 1.29 is 19.2 Å². The highest BCUT2D eigenvalue weighted by atomic mass is 16.2. The normalized spacial score (nSPS) is 27.6. The van der Waals surface area contributed by atoms with Crippen LogP contribution >= 0.6 is 0 Å². The summed E-state index contributed by atoms with van der Waals surface area (Å²) in [5, 5.41) is 2.66. The number of nitrogens with one attached hydrogen (secondary N) is 1. The molecule has 2 fully saturated rings. The molecule has 140 valence electrons. The molecule has 1 N–H and O–H groups in total. The Balaban J connectivity index is 1.54. The monoisotopic (exact) mass is 374 g/mol. The number of fused-ring (bicyclic) bond motifs is 1. The van der Waals surface area contributed by atoms with Crippen molar-refractivity contribution in [1.29, 1.82) is 0 Å². The van der Waals surface area contributed by atoms with Crippen LogP contribution in [0.1, 0.15) is 36.3 Å². The van der Waals surface area contributed by atoms with E-state index in [1.54, 1.807) is 24.3 Å². The van der Waals surface area contributed by atoms with E-state index in [-0.39, 0.29) is 29.4 Å². The number of Topliss-reactive ketones (excluding diaryl/α,β-unsaturated/α-hetero) is 1. The number of benzene rings is 2. The summed E-state index contributed by atoms with van der Waals surface area (Å²) in [6.07, 6.45) is 0.317. The predicted octanol–water partition coefficient (Wildman–Crippen LogP) is 2.60. The van der Waals surface area contributed by atoms with Crippen LogP contribution in [0.5, 0.6) is 0 Å². The van der Waals surface area contributed by atoms with Gasteiger partial charge in [0.25, 0.3) is 0 Å². The van der Waals surface area contributed by atoms with Crippen LogP contribution in [0.25, 0.3) is 0 Å². The largest absolute Gasteiger partial charge is 0.326 e. The van der Waals surface area contributed by atoms with Gasteiger partial charge in [-0.1, -0.05) is 24.3 Å². The number of carbonyl (C=O) groups is 4. The third kappa shape index (κ3) is 2.21. The smallest absolute Gasteiger partial charge is 0.238 e. The molecule has 6 heteroatoms. The van der Waals surface area contributed by atoms with E-state index in [2.05, 4.69) is 5.32 Å². The molecule has 1 saturated carbocycles. The van der Waals surface area contributed by atoms with Gasteiger partial charge in [0.15, 0.2) is 0 Å². The van der Waals surface area contributed by atoms with E-state index in [0.717, 1.165) is 11.1 Å². The Morgan fingerprint density at radius 2 is 1.57 bits per heavy atom. The van der Waals surface area contributed by atoms with Crippen molar-refractivity contribution in [3.8, 4) is 0 Å². The molecule has 3 amide bonds. The number of anilines is 2. The molecule has 6 rings (SSSR count). The molecule has 0 radical (unpaired) electrons. The molecule has 0 aromatic heterocycles. The fourth-order valence-corrected chi connectivity index (χ4v) is 5.11. The Morgan fingerprint density at radius 3 is 2.25 bits per heavy atom. The third-order valence-electron chi connectivity index (χ3n) is 6.13. The predicted molar refractivity (Wildman–Crippen MR) is 102 cm³/mol. The van der Waals surface area contributed by atoms with E-state index in [1.165, 1.54) is 11.8 Å². The summed E-state index contributed by atoms with van der Waals surface area (Å²) in [5.74, 6) is -2.57. The molecule has 0 spiro atoms. The number of carbonyl (C=O) groups excluding carboxylic acids is 4. The highest BCUT2D eigenvalue weighted by Crippen LogP contribution is 2.57. The molecule has 3 aliphatic carbocycles. The molecule has 6 nitrogen and oxygen atoms in total. The van der Waals surface area contributed by atoms with Gasteiger partial charge in [0.1, 0.15) is 5.78 Å². The van der Waals surface area contributed by atoms with E-state index in [4.69, 9.17) is 0 Å². The molecule has 2 aromatic carbocycles. The standard InChI is InChI=1S/C22H18N2O4/c1-11(25)23-12-6-8-13(9-7-12)24-21(27)19-16-10-17(26)18(20(19)22(24)28)15-5-3-2-4-14(15)16/h2-9,16,18-20H,10H2,1H3,(H,23,25)/t16-,18-,19-,20+/m1/s1. The molecule has 2 bridgehead atoms. The minimum absolute atomic E-state index is 0.0500. The lowest BCUT2D eigenvalue weighted by molar-refractivity contribution is -0.134. The molecule has 4 atom stereocenters. The zero-order valence-electron chi connectivity index (χ0n) is 15.2. The van der Waals surface area contributed by atoms with Gasteiger partial charge < -0.3 is 5.32 Å². The zero-order valence-corrected chi connectivity index (χ0v) is 15.2. The minimum atomic E-state index is -0.622. The minimum Gasteiger partial charge on any atom is -0.326 e. The van der Waals surface area contributed by atoms with Gasteiger partial charge in [0.05, 0.1) is 23.4 Å². The van der Waals surface area contributed by atoms with Crippen LogP contribution in [0, 0.1) is 11.8 Å². The Bertz CT molecular complexity index is 1040. The summed E-state index contributed by atoms with van der Waals surface area (Å²) in [5.41, 5.74) is 2.98. The van der Waals surface area contributed by atoms with Crippen molar-refractivity contribution in [2.24, 2.45) is 11.8 Å². The lowest BCUT2D eigenvalue weighted by Gasteiger charge is -2.43. The van der Waals surface area contributed by atoms with Crippen LogP contribution in [0.2, 0.25) is 0 Å². The number of imide groups is 1. The summed E-state index contributed by atoms with van der Waals surface area (Å²) in [4.78, 5) is 51.6. The molecular weight excluding hydrogens is 356 g/mol. The summed E-state index contributed by atoms with van der Waals surface area (Å²) >= 11 is 0. The van der Waals surface area contributed by atoms with Crippen molar-refractivity contribution in [3.05, 3.63) is 59.7 Å². The topological polar surface area (TPSA) is 83.6 Å². The van der Waals surface area contributed by atoms with E-state index in [0.29, 0.717) is 17.8 Å². The average Bonchev–Trinajstić information content (AvgIpc) is 2.94. The van der Waals surface area contributed by atoms with Gasteiger partial charge in [-0.3, -0.25) is 24.1 Å². The van der Waals surface area contributed by atoms with Crippen molar-refractivity contribution in [3.63, 3.8) is 0 Å². The second kappa shape index (κ2) is 5.86. The van der Waals surface area contributed by atoms with Crippen molar-refractivity contribution in [2.75, 3.05) is 10.2 Å². The van der Waals surface area contributed by atoms with E-state index in [1.807, 2.05) is 24.3 Å². The fourth-order valence-electron chi connectivity index (χ4n) is 5.11. The Morgan fingerprint density at radius 1 is 0.929 bits per heavy atom. The highest BCUT2D eigenvalue weighted by Gasteiger charge is 2.62. The van der Waals surface area contributed by atoms with E-state index < -0.39 is 17.8 Å². The second-order valence-corrected chi connectivity index (χ2v) is 7.68. The first kappa shape index (κ1) is 16.9. The maximum Gasteiger partial charge on any atom is 0.238 e. The summed E-state index contributed by atoms with van der Waals surface area (Å²) in [6, 6.07) is 14.3. The first-order valence-electron chi connectivity index (χ1n) is 9.34.